The summed E-state index contributed by atoms with van der Waals surface area (Å²) >= 11 is 1.70. The average molecular weight is 337 g/mol. The minimum Gasteiger partial charge on any atom is -0.493 e. The van der Waals surface area contributed by atoms with Crippen molar-refractivity contribution in [3.63, 3.8) is 0 Å². The van der Waals surface area contributed by atoms with Crippen molar-refractivity contribution in [2.45, 2.75) is 19.4 Å². The van der Waals surface area contributed by atoms with E-state index in [1.165, 1.54) is 11.1 Å². The van der Waals surface area contributed by atoms with Crippen molar-refractivity contribution in [2.75, 3.05) is 12.4 Å². The SMILES string of the molecule is Cc1ccc(OCCSC2=Nc3ccccc3C3CC=NN23)cc1. The van der Waals surface area contributed by atoms with Gasteiger partial charge in [-0.1, -0.05) is 47.7 Å². The van der Waals surface area contributed by atoms with Crippen molar-refractivity contribution in [1.82, 2.24) is 5.01 Å². The molecule has 0 aliphatic carbocycles. The second kappa shape index (κ2) is 6.69. The Labute approximate surface area is 146 Å². The third kappa shape index (κ3) is 3.04. The molecule has 1 unspecified atom stereocenters. The van der Waals surface area contributed by atoms with Gasteiger partial charge in [-0.2, -0.15) is 5.10 Å². The third-order valence-electron chi connectivity index (χ3n) is 4.14. The molecule has 2 aromatic rings. The van der Waals surface area contributed by atoms with Crippen molar-refractivity contribution in [1.29, 1.82) is 0 Å². The van der Waals surface area contributed by atoms with Gasteiger partial charge in [0.05, 0.1) is 18.3 Å². The van der Waals surface area contributed by atoms with Gasteiger partial charge in [-0.25, -0.2) is 10.0 Å². The molecule has 0 bridgehead atoms. The lowest BCUT2D eigenvalue weighted by Gasteiger charge is -2.29. The smallest absolute Gasteiger partial charge is 0.185 e. The van der Waals surface area contributed by atoms with Gasteiger partial charge in [-0.15, -0.1) is 0 Å². The Hall–Kier alpha value is -2.27. The minimum absolute atomic E-state index is 0.291. The highest BCUT2D eigenvalue weighted by Gasteiger charge is 2.32. The molecule has 2 aliphatic rings. The summed E-state index contributed by atoms with van der Waals surface area (Å²) in [6.07, 6.45) is 2.92. The van der Waals surface area contributed by atoms with E-state index < -0.39 is 0 Å². The molecule has 5 heteroatoms. The first-order chi connectivity index (χ1) is 11.8. The molecular formula is C19H19N3OS. The van der Waals surface area contributed by atoms with E-state index in [1.54, 1.807) is 11.8 Å². The van der Waals surface area contributed by atoms with Crippen LogP contribution < -0.4 is 4.74 Å². The Morgan fingerprint density at radius 1 is 1.17 bits per heavy atom. The monoisotopic (exact) mass is 337 g/mol. The summed E-state index contributed by atoms with van der Waals surface area (Å²) in [5, 5.41) is 7.50. The van der Waals surface area contributed by atoms with Crippen LogP contribution >= 0.6 is 11.8 Å². The number of benzene rings is 2. The molecule has 0 spiro atoms. The summed E-state index contributed by atoms with van der Waals surface area (Å²) in [6.45, 7) is 2.72. The molecule has 0 N–H and O–H groups in total. The van der Waals surface area contributed by atoms with Crippen molar-refractivity contribution in [3.8, 4) is 5.75 Å². The number of aryl methyl sites for hydroxylation is 1. The van der Waals surface area contributed by atoms with E-state index in [4.69, 9.17) is 9.73 Å². The first kappa shape index (κ1) is 15.3. The van der Waals surface area contributed by atoms with Crippen LogP contribution in [-0.4, -0.2) is 28.8 Å². The van der Waals surface area contributed by atoms with Crippen LogP contribution in [0.15, 0.2) is 58.6 Å². The van der Waals surface area contributed by atoms with Crippen LogP contribution in [0.2, 0.25) is 0 Å². The van der Waals surface area contributed by atoms with E-state index in [0.717, 1.165) is 28.8 Å². The third-order valence-corrected chi connectivity index (χ3v) is 5.05. The lowest BCUT2D eigenvalue weighted by atomic mass is 10.0. The first-order valence-electron chi connectivity index (χ1n) is 8.13. The number of hydrogen-bond acceptors (Lipinski definition) is 5. The van der Waals surface area contributed by atoms with Gasteiger partial charge in [0.15, 0.2) is 5.17 Å². The van der Waals surface area contributed by atoms with Crippen molar-refractivity contribution < 1.29 is 4.74 Å². The Bertz CT molecular complexity index is 785. The number of para-hydroxylation sites is 1. The highest BCUT2D eigenvalue weighted by Crippen LogP contribution is 2.40. The van der Waals surface area contributed by atoms with E-state index >= 15 is 0 Å². The van der Waals surface area contributed by atoms with Crippen molar-refractivity contribution in [2.24, 2.45) is 10.1 Å². The maximum absolute atomic E-state index is 5.80. The summed E-state index contributed by atoms with van der Waals surface area (Å²) in [7, 11) is 0. The zero-order valence-electron chi connectivity index (χ0n) is 13.6. The number of ether oxygens (including phenoxy) is 1. The standard InChI is InChI=1S/C19H19N3OS/c1-14-6-8-15(9-7-14)23-12-13-24-19-21-17-5-3-2-4-16(17)18-10-11-20-22(18)19/h2-9,11,18H,10,12-13H2,1H3. The van der Waals surface area contributed by atoms with Crippen LogP contribution in [0.25, 0.3) is 0 Å². The lowest BCUT2D eigenvalue weighted by Crippen LogP contribution is -2.28. The molecule has 2 heterocycles. The summed E-state index contributed by atoms with van der Waals surface area (Å²) < 4.78 is 5.80. The second-order valence-electron chi connectivity index (χ2n) is 5.86. The summed E-state index contributed by atoms with van der Waals surface area (Å²) in [5.41, 5.74) is 3.56. The molecule has 0 amide bonds. The zero-order valence-corrected chi connectivity index (χ0v) is 14.4. The molecule has 0 radical (unpaired) electrons. The Balaban J connectivity index is 1.40. The molecular weight excluding hydrogens is 318 g/mol. The first-order valence-corrected chi connectivity index (χ1v) is 9.11. The van der Waals surface area contributed by atoms with Crippen LogP contribution in [0, 0.1) is 6.92 Å². The summed E-state index contributed by atoms with van der Waals surface area (Å²) in [6, 6.07) is 16.8. The van der Waals surface area contributed by atoms with Crippen LogP contribution in [0.3, 0.4) is 0 Å². The van der Waals surface area contributed by atoms with Gasteiger partial charge in [0.2, 0.25) is 0 Å². The molecule has 2 aromatic carbocycles. The largest absolute Gasteiger partial charge is 0.493 e. The Kier molecular flexibility index (Phi) is 4.26. The quantitative estimate of drug-likeness (QED) is 0.769. The van der Waals surface area contributed by atoms with Crippen LogP contribution in [-0.2, 0) is 0 Å². The predicted octanol–water partition coefficient (Wildman–Crippen LogP) is 4.54. The summed E-state index contributed by atoms with van der Waals surface area (Å²) in [5.74, 6) is 1.75. The average Bonchev–Trinajstić information content (AvgIpc) is 3.10. The lowest BCUT2D eigenvalue weighted by molar-refractivity contribution is 0.343. The topological polar surface area (TPSA) is 37.2 Å². The molecule has 0 fully saturated rings. The molecule has 122 valence electrons. The fraction of sp³-hybridized carbons (Fsp3) is 0.263. The highest BCUT2D eigenvalue weighted by molar-refractivity contribution is 8.13. The summed E-state index contributed by atoms with van der Waals surface area (Å²) in [4.78, 5) is 4.78. The Morgan fingerprint density at radius 3 is 2.88 bits per heavy atom. The van der Waals surface area contributed by atoms with Gasteiger partial charge >= 0.3 is 0 Å². The molecule has 0 saturated heterocycles. The second-order valence-corrected chi connectivity index (χ2v) is 6.92. The molecule has 2 aliphatic heterocycles. The number of rotatable bonds is 4. The molecule has 4 rings (SSSR count). The van der Waals surface area contributed by atoms with E-state index in [2.05, 4.69) is 42.4 Å². The van der Waals surface area contributed by atoms with Crippen LogP contribution in [0.1, 0.15) is 23.6 Å². The molecule has 0 aromatic heterocycles. The van der Waals surface area contributed by atoms with Gasteiger partial charge in [-0.05, 0) is 25.1 Å². The minimum atomic E-state index is 0.291. The van der Waals surface area contributed by atoms with Crippen LogP contribution in [0.4, 0.5) is 5.69 Å². The van der Waals surface area contributed by atoms with E-state index in [0.29, 0.717) is 12.6 Å². The fourth-order valence-electron chi connectivity index (χ4n) is 2.91. The number of amidine groups is 1. The maximum Gasteiger partial charge on any atom is 0.185 e. The number of hydrazone groups is 1. The number of nitrogens with zero attached hydrogens (tertiary/aromatic N) is 3. The number of fused-ring (bicyclic) bond motifs is 3. The number of aliphatic imine (C=N–C) groups is 1. The van der Waals surface area contributed by atoms with Gasteiger partial charge < -0.3 is 4.74 Å². The van der Waals surface area contributed by atoms with Crippen LogP contribution in [0.5, 0.6) is 5.75 Å². The van der Waals surface area contributed by atoms with E-state index in [1.807, 2.05) is 29.4 Å². The number of hydrogen-bond donors (Lipinski definition) is 0. The van der Waals surface area contributed by atoms with Gasteiger partial charge in [-0.3, -0.25) is 0 Å². The zero-order chi connectivity index (χ0) is 16.4. The predicted molar refractivity (Wildman–Crippen MR) is 100 cm³/mol. The van der Waals surface area contributed by atoms with Crippen molar-refractivity contribution >= 4 is 28.8 Å². The maximum atomic E-state index is 5.80. The Morgan fingerprint density at radius 2 is 2.00 bits per heavy atom. The number of thioether (sulfide) groups is 1. The highest BCUT2D eigenvalue weighted by atomic mass is 32.2. The van der Waals surface area contributed by atoms with E-state index in [-0.39, 0.29) is 0 Å². The fourth-order valence-corrected chi connectivity index (χ4v) is 3.73. The van der Waals surface area contributed by atoms with E-state index in [9.17, 15) is 0 Å². The van der Waals surface area contributed by atoms with Gasteiger partial charge in [0, 0.05) is 24.0 Å². The molecule has 4 nitrogen and oxygen atoms in total. The van der Waals surface area contributed by atoms with Crippen molar-refractivity contribution in [3.05, 3.63) is 59.7 Å². The molecule has 24 heavy (non-hydrogen) atoms. The van der Waals surface area contributed by atoms with Gasteiger partial charge in [0.1, 0.15) is 5.75 Å². The van der Waals surface area contributed by atoms with Gasteiger partial charge in [0.25, 0.3) is 0 Å². The normalized spacial score (nSPS) is 18.1. The molecule has 0 saturated carbocycles. The molecule has 1 atom stereocenters.